The van der Waals surface area contributed by atoms with Crippen LogP contribution in [-0.4, -0.2) is 25.1 Å². The Morgan fingerprint density at radius 3 is 2.35 bits per heavy atom. The van der Waals surface area contributed by atoms with Gasteiger partial charge in [0.15, 0.2) is 0 Å². The fourth-order valence-electron chi connectivity index (χ4n) is 2.54. The van der Waals surface area contributed by atoms with E-state index in [4.69, 9.17) is 9.47 Å². The maximum atomic E-state index is 12.6. The molecule has 0 atom stereocenters. The van der Waals surface area contributed by atoms with Crippen molar-refractivity contribution in [1.82, 2.24) is 10.3 Å². The number of aromatic nitrogens is 1. The summed E-state index contributed by atoms with van der Waals surface area (Å²) in [5.74, 6) is 1.24. The summed E-state index contributed by atoms with van der Waals surface area (Å²) in [5, 5.41) is 3.79. The van der Waals surface area contributed by atoms with Crippen molar-refractivity contribution < 1.29 is 14.3 Å². The van der Waals surface area contributed by atoms with Crippen LogP contribution >= 0.6 is 11.3 Å². The van der Waals surface area contributed by atoms with Crippen molar-refractivity contribution in [3.63, 3.8) is 0 Å². The number of hydrogen-bond donors (Lipinski definition) is 1. The minimum atomic E-state index is -0.135. The van der Waals surface area contributed by atoms with Gasteiger partial charge in [-0.15, -0.1) is 11.3 Å². The van der Waals surface area contributed by atoms with Crippen LogP contribution in [0.15, 0.2) is 48.5 Å². The molecular weight excluding hydrogens is 348 g/mol. The Morgan fingerprint density at radius 1 is 1.08 bits per heavy atom. The van der Waals surface area contributed by atoms with Crippen LogP contribution in [-0.2, 0) is 6.54 Å². The smallest absolute Gasteiger partial charge is 0.263 e. The lowest BCUT2D eigenvalue weighted by Crippen LogP contribution is -2.22. The molecule has 0 saturated heterocycles. The van der Waals surface area contributed by atoms with Crippen LogP contribution in [0.3, 0.4) is 0 Å². The summed E-state index contributed by atoms with van der Waals surface area (Å²) in [7, 11) is 3.20. The third kappa shape index (κ3) is 4.03. The third-order valence-corrected chi connectivity index (χ3v) is 5.09. The van der Waals surface area contributed by atoms with Gasteiger partial charge in [0.2, 0.25) is 0 Å². The summed E-state index contributed by atoms with van der Waals surface area (Å²) in [6.07, 6.45) is 0. The average molecular weight is 368 g/mol. The molecule has 2 aromatic carbocycles. The minimum absolute atomic E-state index is 0.135. The van der Waals surface area contributed by atoms with Gasteiger partial charge in [-0.3, -0.25) is 4.79 Å². The molecule has 0 aliphatic rings. The van der Waals surface area contributed by atoms with Gasteiger partial charge in [-0.1, -0.05) is 30.3 Å². The number of amides is 1. The van der Waals surface area contributed by atoms with Crippen molar-refractivity contribution in [3.8, 4) is 22.1 Å². The minimum Gasteiger partial charge on any atom is -0.497 e. The molecule has 3 aromatic rings. The molecule has 0 radical (unpaired) electrons. The van der Waals surface area contributed by atoms with Gasteiger partial charge in [-0.2, -0.15) is 0 Å². The van der Waals surface area contributed by atoms with Crippen LogP contribution < -0.4 is 14.8 Å². The Kier molecular flexibility index (Phi) is 5.53. The second-order valence-corrected chi connectivity index (χ2v) is 6.70. The fraction of sp³-hybridized carbons (Fsp3) is 0.200. The van der Waals surface area contributed by atoms with E-state index in [1.165, 1.54) is 11.3 Å². The topological polar surface area (TPSA) is 60.5 Å². The molecular formula is C20H20N2O3S. The summed E-state index contributed by atoms with van der Waals surface area (Å²) < 4.78 is 10.5. The van der Waals surface area contributed by atoms with Crippen LogP contribution in [0.25, 0.3) is 10.6 Å². The fourth-order valence-corrected chi connectivity index (χ4v) is 3.53. The number of thiazole rings is 1. The zero-order chi connectivity index (χ0) is 18.5. The maximum absolute atomic E-state index is 12.6. The number of carbonyl (C=O) groups is 1. The van der Waals surface area contributed by atoms with Crippen molar-refractivity contribution in [2.45, 2.75) is 13.5 Å². The van der Waals surface area contributed by atoms with Gasteiger partial charge in [0.1, 0.15) is 21.4 Å². The second-order valence-electron chi connectivity index (χ2n) is 5.70. The Labute approximate surface area is 156 Å². The Balaban J connectivity index is 1.74. The van der Waals surface area contributed by atoms with Gasteiger partial charge < -0.3 is 14.8 Å². The van der Waals surface area contributed by atoms with E-state index in [9.17, 15) is 4.79 Å². The van der Waals surface area contributed by atoms with Gasteiger partial charge in [0.25, 0.3) is 5.91 Å². The molecule has 1 amide bonds. The van der Waals surface area contributed by atoms with Crippen LogP contribution in [0.4, 0.5) is 0 Å². The number of nitrogens with one attached hydrogen (secondary N) is 1. The molecule has 0 aliphatic heterocycles. The first kappa shape index (κ1) is 17.9. The van der Waals surface area contributed by atoms with E-state index in [1.807, 2.05) is 49.4 Å². The van der Waals surface area contributed by atoms with Crippen molar-refractivity contribution in [1.29, 1.82) is 0 Å². The van der Waals surface area contributed by atoms with Crippen LogP contribution in [0.2, 0.25) is 0 Å². The second kappa shape index (κ2) is 8.01. The lowest BCUT2D eigenvalue weighted by molar-refractivity contribution is 0.0954. The lowest BCUT2D eigenvalue weighted by Gasteiger charge is -2.09. The van der Waals surface area contributed by atoms with Crippen molar-refractivity contribution >= 4 is 17.2 Å². The molecule has 1 heterocycles. The van der Waals surface area contributed by atoms with Crippen molar-refractivity contribution in [2.75, 3.05) is 14.2 Å². The zero-order valence-corrected chi connectivity index (χ0v) is 15.7. The standard InChI is InChI=1S/C20H20N2O3S/c1-13-18(26-20(22-13)15-7-5-4-6-8-15)19(23)21-12-14-9-16(24-2)11-17(10-14)25-3/h4-11H,12H2,1-3H3,(H,21,23). The molecule has 6 heteroatoms. The average Bonchev–Trinajstić information content (AvgIpc) is 3.08. The van der Waals surface area contributed by atoms with E-state index in [2.05, 4.69) is 10.3 Å². The first-order valence-corrected chi connectivity index (χ1v) is 8.95. The highest BCUT2D eigenvalue weighted by Crippen LogP contribution is 2.28. The predicted octanol–water partition coefficient (Wildman–Crippen LogP) is 4.07. The van der Waals surface area contributed by atoms with Crippen molar-refractivity contribution in [3.05, 3.63) is 64.7 Å². The number of carbonyl (C=O) groups excluding carboxylic acids is 1. The normalized spacial score (nSPS) is 10.4. The molecule has 26 heavy (non-hydrogen) atoms. The summed E-state index contributed by atoms with van der Waals surface area (Å²) in [6, 6.07) is 15.4. The molecule has 3 rings (SSSR count). The highest BCUT2D eigenvalue weighted by atomic mass is 32.1. The van der Waals surface area contributed by atoms with Gasteiger partial charge in [-0.05, 0) is 24.6 Å². The van der Waals surface area contributed by atoms with Crippen LogP contribution in [0.1, 0.15) is 20.9 Å². The number of hydrogen-bond acceptors (Lipinski definition) is 5. The molecule has 0 saturated carbocycles. The van der Waals surface area contributed by atoms with Gasteiger partial charge in [0.05, 0.1) is 19.9 Å². The molecule has 1 aromatic heterocycles. The zero-order valence-electron chi connectivity index (χ0n) is 14.9. The number of aryl methyl sites for hydroxylation is 1. The molecule has 0 spiro atoms. The quantitative estimate of drug-likeness (QED) is 0.713. The van der Waals surface area contributed by atoms with E-state index in [0.29, 0.717) is 22.9 Å². The third-order valence-electron chi connectivity index (χ3n) is 3.89. The Bertz CT molecular complexity index is 884. The molecule has 134 valence electrons. The highest BCUT2D eigenvalue weighted by Gasteiger charge is 2.16. The van der Waals surface area contributed by atoms with Gasteiger partial charge >= 0.3 is 0 Å². The number of nitrogens with zero attached hydrogens (tertiary/aromatic N) is 1. The van der Waals surface area contributed by atoms with E-state index in [0.717, 1.165) is 21.8 Å². The molecule has 0 fully saturated rings. The number of rotatable bonds is 6. The first-order chi connectivity index (χ1) is 12.6. The van der Waals surface area contributed by atoms with Crippen LogP contribution in [0.5, 0.6) is 11.5 Å². The lowest BCUT2D eigenvalue weighted by atomic mass is 10.2. The van der Waals surface area contributed by atoms with E-state index < -0.39 is 0 Å². The highest BCUT2D eigenvalue weighted by molar-refractivity contribution is 7.17. The predicted molar refractivity (Wildman–Crippen MR) is 103 cm³/mol. The molecule has 0 unspecified atom stereocenters. The Morgan fingerprint density at radius 2 is 1.73 bits per heavy atom. The van der Waals surface area contributed by atoms with Gasteiger partial charge in [-0.25, -0.2) is 4.98 Å². The first-order valence-electron chi connectivity index (χ1n) is 8.13. The van der Waals surface area contributed by atoms with Crippen LogP contribution in [0, 0.1) is 6.92 Å². The largest absolute Gasteiger partial charge is 0.497 e. The number of ether oxygens (including phenoxy) is 2. The molecule has 1 N–H and O–H groups in total. The SMILES string of the molecule is COc1cc(CNC(=O)c2sc(-c3ccccc3)nc2C)cc(OC)c1. The van der Waals surface area contributed by atoms with E-state index >= 15 is 0 Å². The summed E-state index contributed by atoms with van der Waals surface area (Å²) >= 11 is 1.40. The van der Waals surface area contributed by atoms with Gasteiger partial charge in [0, 0.05) is 18.2 Å². The van der Waals surface area contributed by atoms with E-state index in [1.54, 1.807) is 20.3 Å². The number of methoxy groups -OCH3 is 2. The molecule has 5 nitrogen and oxygen atoms in total. The monoisotopic (exact) mass is 368 g/mol. The summed E-state index contributed by atoms with van der Waals surface area (Å²) in [6.45, 7) is 2.23. The molecule has 0 aliphatic carbocycles. The maximum Gasteiger partial charge on any atom is 0.263 e. The summed E-state index contributed by atoms with van der Waals surface area (Å²) in [5.41, 5.74) is 2.65. The summed E-state index contributed by atoms with van der Waals surface area (Å²) in [4.78, 5) is 17.7. The van der Waals surface area contributed by atoms with Crippen molar-refractivity contribution in [2.24, 2.45) is 0 Å². The molecule has 0 bridgehead atoms. The number of benzene rings is 2. The van der Waals surface area contributed by atoms with E-state index in [-0.39, 0.29) is 5.91 Å². The Hall–Kier alpha value is -2.86.